The predicted octanol–water partition coefficient (Wildman–Crippen LogP) is 1.41. The first kappa shape index (κ1) is 12.6. The first-order chi connectivity index (χ1) is 8.60. The average Bonchev–Trinajstić information content (AvgIpc) is 2.76. The highest BCUT2D eigenvalue weighted by Gasteiger charge is 2.13. The molecule has 2 rings (SSSR count). The lowest BCUT2D eigenvalue weighted by atomic mass is 10.2. The van der Waals surface area contributed by atoms with E-state index in [2.05, 4.69) is 41.6 Å². The molecule has 0 fully saturated rings. The summed E-state index contributed by atoms with van der Waals surface area (Å²) < 4.78 is 0.826. The molecule has 1 amide bonds. The second kappa shape index (κ2) is 5.21. The van der Waals surface area contributed by atoms with Gasteiger partial charge < -0.3 is 0 Å². The van der Waals surface area contributed by atoms with Gasteiger partial charge in [-0.2, -0.15) is 4.80 Å². The molecule has 0 radical (unpaired) electrons. The normalized spacial score (nSPS) is 10.4. The third kappa shape index (κ3) is 2.70. The Kier molecular flexibility index (Phi) is 3.66. The van der Waals surface area contributed by atoms with E-state index in [1.54, 1.807) is 6.20 Å². The van der Waals surface area contributed by atoms with E-state index in [0.29, 0.717) is 12.2 Å². The van der Waals surface area contributed by atoms with Gasteiger partial charge in [0.25, 0.3) is 11.9 Å². The van der Waals surface area contributed by atoms with Crippen molar-refractivity contribution >= 4 is 27.8 Å². The van der Waals surface area contributed by atoms with E-state index in [0.717, 1.165) is 10.0 Å². The molecule has 18 heavy (non-hydrogen) atoms. The van der Waals surface area contributed by atoms with Gasteiger partial charge in [0.2, 0.25) is 0 Å². The van der Waals surface area contributed by atoms with Crippen LogP contribution in [0.2, 0.25) is 0 Å². The molecule has 0 unspecified atom stereocenters. The molecule has 0 saturated carbocycles. The van der Waals surface area contributed by atoms with Crippen LogP contribution in [0, 0.1) is 6.92 Å². The molecule has 0 aliphatic rings. The van der Waals surface area contributed by atoms with Crippen LogP contribution in [0.15, 0.2) is 16.7 Å². The molecule has 94 valence electrons. The standard InChI is InChI=1S/C10H11BrN6O/c1-3-17-15-10(14-16-17)13-9(18)8-6(2)4-7(11)5-12-8/h4-5H,3H2,1-2H3,(H,13,15,18). The highest BCUT2D eigenvalue weighted by atomic mass is 79.9. The largest absolute Gasteiger partial charge is 0.286 e. The van der Waals surface area contributed by atoms with Gasteiger partial charge in [0.15, 0.2) is 0 Å². The highest BCUT2D eigenvalue weighted by Crippen LogP contribution is 2.13. The van der Waals surface area contributed by atoms with Crippen LogP contribution < -0.4 is 5.32 Å². The maximum atomic E-state index is 11.9. The smallest absolute Gasteiger partial charge is 0.276 e. The van der Waals surface area contributed by atoms with E-state index in [1.807, 2.05) is 19.9 Å². The number of halogens is 1. The minimum Gasteiger partial charge on any atom is -0.286 e. The third-order valence-electron chi connectivity index (χ3n) is 2.22. The van der Waals surface area contributed by atoms with Gasteiger partial charge in [-0.15, -0.1) is 5.10 Å². The van der Waals surface area contributed by atoms with Gasteiger partial charge in [-0.3, -0.25) is 10.1 Å². The van der Waals surface area contributed by atoms with Crippen LogP contribution in [0.3, 0.4) is 0 Å². The van der Waals surface area contributed by atoms with Gasteiger partial charge in [-0.1, -0.05) is 5.10 Å². The van der Waals surface area contributed by atoms with E-state index in [4.69, 9.17) is 0 Å². The van der Waals surface area contributed by atoms with Crippen LogP contribution in [0.5, 0.6) is 0 Å². The lowest BCUT2D eigenvalue weighted by Crippen LogP contribution is -2.16. The summed E-state index contributed by atoms with van der Waals surface area (Å²) in [6.07, 6.45) is 1.57. The first-order valence-electron chi connectivity index (χ1n) is 5.31. The van der Waals surface area contributed by atoms with Crippen molar-refractivity contribution in [2.45, 2.75) is 20.4 Å². The zero-order chi connectivity index (χ0) is 13.1. The van der Waals surface area contributed by atoms with E-state index in [-0.39, 0.29) is 11.9 Å². The molecule has 0 bridgehead atoms. The van der Waals surface area contributed by atoms with E-state index < -0.39 is 0 Å². The molecule has 2 aromatic heterocycles. The third-order valence-corrected chi connectivity index (χ3v) is 2.65. The van der Waals surface area contributed by atoms with E-state index >= 15 is 0 Å². The van der Waals surface area contributed by atoms with Gasteiger partial charge in [0.1, 0.15) is 5.69 Å². The lowest BCUT2D eigenvalue weighted by molar-refractivity contribution is 0.102. The fraction of sp³-hybridized carbons (Fsp3) is 0.300. The molecular formula is C10H11BrN6O. The Balaban J connectivity index is 2.16. The maximum Gasteiger partial charge on any atom is 0.276 e. The SMILES string of the molecule is CCn1nnc(NC(=O)c2ncc(Br)cc2C)n1. The van der Waals surface area contributed by atoms with Crippen molar-refractivity contribution in [1.29, 1.82) is 0 Å². The monoisotopic (exact) mass is 310 g/mol. The van der Waals surface area contributed by atoms with Gasteiger partial charge in [0.05, 0.1) is 6.54 Å². The summed E-state index contributed by atoms with van der Waals surface area (Å²) in [5.41, 5.74) is 1.11. The quantitative estimate of drug-likeness (QED) is 0.926. The number of pyridine rings is 1. The van der Waals surface area contributed by atoms with Crippen molar-refractivity contribution in [2.24, 2.45) is 0 Å². The summed E-state index contributed by atoms with van der Waals surface area (Å²) in [6, 6.07) is 1.82. The van der Waals surface area contributed by atoms with Crippen molar-refractivity contribution in [2.75, 3.05) is 5.32 Å². The van der Waals surface area contributed by atoms with Crippen molar-refractivity contribution < 1.29 is 4.79 Å². The Hall–Kier alpha value is -1.83. The molecule has 2 aromatic rings. The molecule has 2 heterocycles. The maximum absolute atomic E-state index is 11.9. The Bertz CT molecular complexity index is 581. The molecule has 0 aliphatic carbocycles. The van der Waals surface area contributed by atoms with Gasteiger partial charge in [-0.25, -0.2) is 4.98 Å². The van der Waals surface area contributed by atoms with E-state index in [9.17, 15) is 4.79 Å². The second-order valence-electron chi connectivity index (χ2n) is 3.57. The highest BCUT2D eigenvalue weighted by molar-refractivity contribution is 9.10. The summed E-state index contributed by atoms with van der Waals surface area (Å²) in [5.74, 6) is -0.179. The number of aryl methyl sites for hydroxylation is 2. The topological polar surface area (TPSA) is 85.6 Å². The number of anilines is 1. The molecule has 0 spiro atoms. The summed E-state index contributed by atoms with van der Waals surface area (Å²) in [7, 11) is 0. The summed E-state index contributed by atoms with van der Waals surface area (Å²) in [5, 5.41) is 14.0. The number of rotatable bonds is 3. The molecule has 0 aliphatic heterocycles. The van der Waals surface area contributed by atoms with Crippen LogP contribution >= 0.6 is 15.9 Å². The number of nitrogens with zero attached hydrogens (tertiary/aromatic N) is 5. The summed E-state index contributed by atoms with van der Waals surface area (Å²) >= 11 is 3.29. The number of carbonyl (C=O) groups excluding carboxylic acids is 1. The van der Waals surface area contributed by atoms with Gasteiger partial charge in [-0.05, 0) is 46.6 Å². The van der Waals surface area contributed by atoms with Crippen LogP contribution in [-0.4, -0.2) is 31.1 Å². The number of aromatic nitrogens is 5. The fourth-order valence-corrected chi connectivity index (χ4v) is 1.81. The summed E-state index contributed by atoms with van der Waals surface area (Å²) in [6.45, 7) is 4.29. The lowest BCUT2D eigenvalue weighted by Gasteiger charge is -2.03. The molecule has 0 saturated heterocycles. The first-order valence-corrected chi connectivity index (χ1v) is 6.10. The molecule has 0 atom stereocenters. The van der Waals surface area contributed by atoms with Crippen LogP contribution in [0.25, 0.3) is 0 Å². The Morgan fingerprint density at radius 3 is 2.94 bits per heavy atom. The Morgan fingerprint density at radius 2 is 2.33 bits per heavy atom. The van der Waals surface area contributed by atoms with Gasteiger partial charge >= 0.3 is 0 Å². The number of hydrogen-bond donors (Lipinski definition) is 1. The van der Waals surface area contributed by atoms with Crippen LogP contribution in [0.1, 0.15) is 23.0 Å². The average molecular weight is 311 g/mol. The zero-order valence-electron chi connectivity index (χ0n) is 9.88. The minimum atomic E-state index is -0.351. The van der Waals surface area contributed by atoms with Crippen molar-refractivity contribution in [1.82, 2.24) is 25.2 Å². The Labute approximate surface area is 112 Å². The molecular weight excluding hydrogens is 300 g/mol. The number of hydrogen-bond acceptors (Lipinski definition) is 5. The van der Waals surface area contributed by atoms with Crippen molar-refractivity contribution in [3.05, 3.63) is 28.0 Å². The molecule has 7 nitrogen and oxygen atoms in total. The number of tetrazole rings is 1. The molecule has 8 heteroatoms. The zero-order valence-corrected chi connectivity index (χ0v) is 11.5. The van der Waals surface area contributed by atoms with Crippen LogP contribution in [0.4, 0.5) is 5.95 Å². The molecule has 0 aromatic carbocycles. The Morgan fingerprint density at radius 1 is 1.56 bits per heavy atom. The number of nitrogens with one attached hydrogen (secondary N) is 1. The fourth-order valence-electron chi connectivity index (χ4n) is 1.37. The second-order valence-corrected chi connectivity index (χ2v) is 4.49. The van der Waals surface area contributed by atoms with E-state index in [1.165, 1.54) is 4.80 Å². The predicted molar refractivity (Wildman–Crippen MR) is 68.1 cm³/mol. The minimum absolute atomic E-state index is 0.172. The number of carbonyl (C=O) groups is 1. The van der Waals surface area contributed by atoms with Crippen molar-refractivity contribution in [3.8, 4) is 0 Å². The van der Waals surface area contributed by atoms with Crippen LogP contribution in [-0.2, 0) is 6.54 Å². The van der Waals surface area contributed by atoms with Crippen molar-refractivity contribution in [3.63, 3.8) is 0 Å². The summed E-state index contributed by atoms with van der Waals surface area (Å²) in [4.78, 5) is 17.4. The molecule has 1 N–H and O–H groups in total. The van der Waals surface area contributed by atoms with Gasteiger partial charge in [0, 0.05) is 10.7 Å². The number of amides is 1.